The number of rotatable bonds is 5. The van der Waals surface area contributed by atoms with Crippen molar-refractivity contribution in [2.24, 2.45) is 0 Å². The Morgan fingerprint density at radius 1 is 1.18 bits per heavy atom. The van der Waals surface area contributed by atoms with Crippen LogP contribution in [0.2, 0.25) is 15.1 Å². The lowest BCUT2D eigenvalue weighted by Crippen LogP contribution is -2.32. The zero-order valence-corrected chi connectivity index (χ0v) is 14.0. The zero-order chi connectivity index (χ0) is 16.1. The Morgan fingerprint density at radius 3 is 2.59 bits per heavy atom. The van der Waals surface area contributed by atoms with Crippen LogP contribution in [0.5, 0.6) is 5.75 Å². The third kappa shape index (κ3) is 4.29. The van der Waals surface area contributed by atoms with Gasteiger partial charge in [-0.1, -0.05) is 53.9 Å². The first kappa shape index (κ1) is 16.9. The summed E-state index contributed by atoms with van der Waals surface area (Å²) in [7, 11) is 0. The van der Waals surface area contributed by atoms with Crippen molar-refractivity contribution in [2.45, 2.75) is 19.4 Å². The number of nitrogens with one attached hydrogen (secondary N) is 1. The van der Waals surface area contributed by atoms with Crippen molar-refractivity contribution in [1.82, 2.24) is 0 Å². The molecule has 2 aromatic carbocycles. The molecule has 1 amide bonds. The van der Waals surface area contributed by atoms with Crippen LogP contribution >= 0.6 is 34.8 Å². The zero-order valence-electron chi connectivity index (χ0n) is 11.8. The third-order valence-corrected chi connectivity index (χ3v) is 4.00. The van der Waals surface area contributed by atoms with Crippen LogP contribution < -0.4 is 10.1 Å². The van der Waals surface area contributed by atoms with E-state index in [9.17, 15) is 4.79 Å². The van der Waals surface area contributed by atoms with Crippen molar-refractivity contribution in [3.8, 4) is 5.75 Å². The Morgan fingerprint density at radius 2 is 1.91 bits per heavy atom. The number of benzene rings is 2. The van der Waals surface area contributed by atoms with E-state index in [1.54, 1.807) is 42.5 Å². The fraction of sp³-hybridized carbons (Fsp3) is 0.188. The molecule has 6 heteroatoms. The molecule has 0 aliphatic rings. The Labute approximate surface area is 144 Å². The van der Waals surface area contributed by atoms with Gasteiger partial charge in [-0.05, 0) is 36.8 Å². The number of carbonyl (C=O) groups is 1. The molecule has 0 aliphatic carbocycles. The lowest BCUT2D eigenvalue weighted by Gasteiger charge is -2.18. The normalized spacial score (nSPS) is 11.8. The van der Waals surface area contributed by atoms with Crippen molar-refractivity contribution in [2.75, 3.05) is 5.32 Å². The van der Waals surface area contributed by atoms with Gasteiger partial charge in [-0.25, -0.2) is 0 Å². The van der Waals surface area contributed by atoms with Crippen molar-refractivity contribution in [3.63, 3.8) is 0 Å². The number of carbonyl (C=O) groups excluding carboxylic acids is 1. The first-order chi connectivity index (χ1) is 10.5. The molecule has 0 spiro atoms. The number of ether oxygens (including phenoxy) is 1. The summed E-state index contributed by atoms with van der Waals surface area (Å²) in [5.41, 5.74) is 0.451. The van der Waals surface area contributed by atoms with Gasteiger partial charge in [-0.3, -0.25) is 4.79 Å². The lowest BCUT2D eigenvalue weighted by molar-refractivity contribution is -0.122. The second-order valence-electron chi connectivity index (χ2n) is 4.56. The number of hydrogen-bond donors (Lipinski definition) is 1. The van der Waals surface area contributed by atoms with Crippen LogP contribution in [-0.4, -0.2) is 12.0 Å². The maximum Gasteiger partial charge on any atom is 0.265 e. The molecule has 0 fully saturated rings. The van der Waals surface area contributed by atoms with Crippen molar-refractivity contribution in [1.29, 1.82) is 0 Å². The quantitative estimate of drug-likeness (QED) is 0.772. The first-order valence-corrected chi connectivity index (χ1v) is 7.81. The standard InChI is InChI=1S/C16H14Cl3NO2/c1-2-14(22-11-6-3-5-10(17)9-11)16(21)20-13-8-4-7-12(18)15(13)19/h3-9,14H,2H2,1H3,(H,20,21)/t14-/m1/s1. The third-order valence-electron chi connectivity index (χ3n) is 2.95. The van der Waals surface area contributed by atoms with E-state index in [1.807, 2.05) is 6.92 Å². The summed E-state index contributed by atoms with van der Waals surface area (Å²) in [6.07, 6.45) is -0.162. The Kier molecular flexibility index (Phi) is 5.95. The van der Waals surface area contributed by atoms with E-state index in [2.05, 4.69) is 5.32 Å². The second kappa shape index (κ2) is 7.73. The van der Waals surface area contributed by atoms with Gasteiger partial charge in [0.2, 0.25) is 0 Å². The van der Waals surface area contributed by atoms with Gasteiger partial charge in [0.25, 0.3) is 5.91 Å². The molecule has 1 N–H and O–H groups in total. The fourth-order valence-corrected chi connectivity index (χ4v) is 2.37. The summed E-state index contributed by atoms with van der Waals surface area (Å²) in [5, 5.41) is 3.95. The molecule has 2 aromatic rings. The molecule has 1 atom stereocenters. The number of hydrogen-bond acceptors (Lipinski definition) is 2. The van der Waals surface area contributed by atoms with E-state index < -0.39 is 6.10 Å². The Hall–Kier alpha value is -1.42. The predicted octanol–water partition coefficient (Wildman–Crippen LogP) is 5.44. The van der Waals surface area contributed by atoms with E-state index in [0.29, 0.717) is 32.9 Å². The molecule has 0 bridgehead atoms. The molecule has 0 unspecified atom stereocenters. The minimum Gasteiger partial charge on any atom is -0.481 e. The SMILES string of the molecule is CC[C@@H](Oc1cccc(Cl)c1)C(=O)Nc1cccc(Cl)c1Cl. The molecule has 0 saturated carbocycles. The van der Waals surface area contributed by atoms with Crippen LogP contribution in [0.1, 0.15) is 13.3 Å². The molecule has 2 rings (SSSR count). The van der Waals surface area contributed by atoms with Crippen LogP contribution in [0.3, 0.4) is 0 Å². The van der Waals surface area contributed by atoms with Crippen LogP contribution in [0.25, 0.3) is 0 Å². The van der Waals surface area contributed by atoms with Gasteiger partial charge >= 0.3 is 0 Å². The summed E-state index contributed by atoms with van der Waals surface area (Å²) in [6, 6.07) is 11.9. The minimum absolute atomic E-state index is 0.299. The number of anilines is 1. The van der Waals surface area contributed by atoms with E-state index in [4.69, 9.17) is 39.5 Å². The van der Waals surface area contributed by atoms with Crippen LogP contribution in [0.4, 0.5) is 5.69 Å². The highest BCUT2D eigenvalue weighted by Crippen LogP contribution is 2.30. The van der Waals surface area contributed by atoms with E-state index >= 15 is 0 Å². The second-order valence-corrected chi connectivity index (χ2v) is 5.78. The highest BCUT2D eigenvalue weighted by atomic mass is 35.5. The monoisotopic (exact) mass is 357 g/mol. The minimum atomic E-state index is -0.659. The maximum absolute atomic E-state index is 12.3. The predicted molar refractivity (Wildman–Crippen MR) is 91.3 cm³/mol. The summed E-state index contributed by atoms with van der Waals surface area (Å²) in [4.78, 5) is 12.3. The summed E-state index contributed by atoms with van der Waals surface area (Å²) in [6.45, 7) is 1.86. The molecule has 0 aromatic heterocycles. The maximum atomic E-state index is 12.3. The van der Waals surface area contributed by atoms with Crippen molar-refractivity contribution >= 4 is 46.4 Å². The van der Waals surface area contributed by atoms with Gasteiger partial charge in [0.1, 0.15) is 5.75 Å². The molecule has 22 heavy (non-hydrogen) atoms. The van der Waals surface area contributed by atoms with E-state index in [1.165, 1.54) is 0 Å². The van der Waals surface area contributed by atoms with Gasteiger partial charge in [-0.15, -0.1) is 0 Å². The van der Waals surface area contributed by atoms with Crippen molar-refractivity contribution < 1.29 is 9.53 Å². The highest BCUT2D eigenvalue weighted by Gasteiger charge is 2.20. The van der Waals surface area contributed by atoms with Crippen LogP contribution in [0.15, 0.2) is 42.5 Å². The molecule has 0 radical (unpaired) electrons. The van der Waals surface area contributed by atoms with E-state index in [0.717, 1.165) is 0 Å². The molecular weight excluding hydrogens is 345 g/mol. The highest BCUT2D eigenvalue weighted by molar-refractivity contribution is 6.44. The summed E-state index contributed by atoms with van der Waals surface area (Å²) in [5.74, 6) is 0.235. The summed E-state index contributed by atoms with van der Waals surface area (Å²) >= 11 is 17.9. The van der Waals surface area contributed by atoms with Crippen LogP contribution in [0, 0.1) is 0 Å². The smallest absolute Gasteiger partial charge is 0.265 e. The average molecular weight is 359 g/mol. The molecule has 0 saturated heterocycles. The lowest BCUT2D eigenvalue weighted by atomic mass is 10.2. The van der Waals surface area contributed by atoms with Gasteiger partial charge in [0.15, 0.2) is 6.10 Å². The fourth-order valence-electron chi connectivity index (χ4n) is 1.84. The Bertz CT molecular complexity index is 676. The van der Waals surface area contributed by atoms with Gasteiger partial charge < -0.3 is 10.1 Å². The van der Waals surface area contributed by atoms with Gasteiger partial charge in [0.05, 0.1) is 15.7 Å². The first-order valence-electron chi connectivity index (χ1n) is 6.68. The van der Waals surface area contributed by atoms with Crippen molar-refractivity contribution in [3.05, 3.63) is 57.5 Å². The summed E-state index contributed by atoms with van der Waals surface area (Å²) < 4.78 is 5.68. The Balaban J connectivity index is 2.10. The topological polar surface area (TPSA) is 38.3 Å². The average Bonchev–Trinajstić information content (AvgIpc) is 2.49. The molecule has 0 heterocycles. The molecule has 3 nitrogen and oxygen atoms in total. The largest absolute Gasteiger partial charge is 0.481 e. The molecule has 116 valence electrons. The van der Waals surface area contributed by atoms with E-state index in [-0.39, 0.29) is 5.91 Å². The molecule has 0 aliphatic heterocycles. The van der Waals surface area contributed by atoms with Gasteiger partial charge in [-0.2, -0.15) is 0 Å². The molecular formula is C16H14Cl3NO2. The van der Waals surface area contributed by atoms with Gasteiger partial charge in [0, 0.05) is 5.02 Å². The number of halogens is 3. The van der Waals surface area contributed by atoms with Crippen LogP contribution in [-0.2, 0) is 4.79 Å². The number of amides is 1.